The monoisotopic (exact) mass is 351 g/mol. The Morgan fingerprint density at radius 3 is 2.62 bits per heavy atom. The second kappa shape index (κ2) is 7.99. The number of aryl methyl sites for hydroxylation is 3. The van der Waals surface area contributed by atoms with Crippen LogP contribution < -0.4 is 5.32 Å². The number of nitrogens with one attached hydrogen (secondary N) is 2. The van der Waals surface area contributed by atoms with Gasteiger partial charge in [0, 0.05) is 12.2 Å². The van der Waals surface area contributed by atoms with Crippen LogP contribution in [0.5, 0.6) is 0 Å². The highest BCUT2D eigenvalue weighted by Crippen LogP contribution is 2.16. The highest BCUT2D eigenvalue weighted by molar-refractivity contribution is 5.95. The third kappa shape index (κ3) is 3.85. The number of benzene rings is 1. The van der Waals surface area contributed by atoms with Crippen LogP contribution in [0.3, 0.4) is 0 Å². The summed E-state index contributed by atoms with van der Waals surface area (Å²) in [5.41, 5.74) is 6.03. The Bertz CT molecular complexity index is 876. The van der Waals surface area contributed by atoms with Crippen molar-refractivity contribution in [3.8, 4) is 5.69 Å². The molecule has 2 heterocycles. The number of amides is 1. The van der Waals surface area contributed by atoms with Gasteiger partial charge in [-0.25, -0.2) is 4.68 Å². The molecular formula is C20H25N5O. The molecule has 0 saturated heterocycles. The van der Waals surface area contributed by atoms with Gasteiger partial charge in [0.05, 0.1) is 29.3 Å². The normalized spacial score (nSPS) is 10.9. The zero-order valence-corrected chi connectivity index (χ0v) is 15.5. The predicted molar refractivity (Wildman–Crippen MR) is 102 cm³/mol. The topological polar surface area (TPSA) is 75.6 Å². The van der Waals surface area contributed by atoms with Crippen molar-refractivity contribution in [3.63, 3.8) is 0 Å². The van der Waals surface area contributed by atoms with Crippen molar-refractivity contribution in [2.45, 2.75) is 40.0 Å². The van der Waals surface area contributed by atoms with Crippen LogP contribution in [0, 0.1) is 13.8 Å². The number of hydrogen-bond donors (Lipinski definition) is 2. The minimum atomic E-state index is -0.0656. The lowest BCUT2D eigenvalue weighted by Crippen LogP contribution is -2.25. The number of carbonyl (C=O) groups is 1. The zero-order chi connectivity index (χ0) is 18.5. The van der Waals surface area contributed by atoms with Crippen molar-refractivity contribution in [3.05, 3.63) is 64.7 Å². The first-order valence-corrected chi connectivity index (χ1v) is 9.01. The molecule has 0 aliphatic heterocycles. The average molecular weight is 351 g/mol. The maximum atomic E-state index is 12.6. The van der Waals surface area contributed by atoms with E-state index < -0.39 is 0 Å². The van der Waals surface area contributed by atoms with Crippen LogP contribution in [0.4, 0.5) is 0 Å². The smallest absolute Gasteiger partial charge is 0.254 e. The Balaban J connectivity index is 1.64. The lowest BCUT2D eigenvalue weighted by atomic mass is 10.1. The van der Waals surface area contributed by atoms with Gasteiger partial charge in [0.2, 0.25) is 0 Å². The summed E-state index contributed by atoms with van der Waals surface area (Å²) in [7, 11) is 0. The van der Waals surface area contributed by atoms with Crippen LogP contribution >= 0.6 is 0 Å². The minimum Gasteiger partial charge on any atom is -0.352 e. The predicted octanol–water partition coefficient (Wildman–Crippen LogP) is 3.14. The third-order valence-corrected chi connectivity index (χ3v) is 4.57. The van der Waals surface area contributed by atoms with Crippen LogP contribution in [0.15, 0.2) is 36.7 Å². The SMILES string of the molecule is CCc1c(C(=O)NCCCc2cn[nH]c2C)cnn1-c1ccc(C)cc1. The molecule has 6 nitrogen and oxygen atoms in total. The molecule has 0 aliphatic carbocycles. The largest absolute Gasteiger partial charge is 0.352 e. The highest BCUT2D eigenvalue weighted by atomic mass is 16.1. The maximum absolute atomic E-state index is 12.6. The molecule has 0 aliphatic rings. The summed E-state index contributed by atoms with van der Waals surface area (Å²) in [4.78, 5) is 12.6. The van der Waals surface area contributed by atoms with Gasteiger partial charge in [-0.3, -0.25) is 9.89 Å². The highest BCUT2D eigenvalue weighted by Gasteiger charge is 2.16. The molecule has 26 heavy (non-hydrogen) atoms. The number of H-pyrrole nitrogens is 1. The molecule has 0 radical (unpaired) electrons. The lowest BCUT2D eigenvalue weighted by Gasteiger charge is -2.09. The molecule has 1 aromatic carbocycles. The van der Waals surface area contributed by atoms with Crippen LogP contribution in [0.2, 0.25) is 0 Å². The molecule has 136 valence electrons. The van der Waals surface area contributed by atoms with E-state index in [0.717, 1.165) is 36.3 Å². The maximum Gasteiger partial charge on any atom is 0.254 e. The molecule has 0 saturated carbocycles. The van der Waals surface area contributed by atoms with Crippen molar-refractivity contribution in [2.24, 2.45) is 0 Å². The Kier molecular flexibility index (Phi) is 5.51. The second-order valence-electron chi connectivity index (χ2n) is 6.49. The molecule has 0 unspecified atom stereocenters. The van der Waals surface area contributed by atoms with Gasteiger partial charge in [0.15, 0.2) is 0 Å². The summed E-state index contributed by atoms with van der Waals surface area (Å²) in [5.74, 6) is -0.0656. The first-order valence-electron chi connectivity index (χ1n) is 9.01. The number of carbonyl (C=O) groups excluding carboxylic acids is 1. The van der Waals surface area contributed by atoms with Crippen molar-refractivity contribution in [2.75, 3.05) is 6.54 Å². The molecule has 3 aromatic rings. The van der Waals surface area contributed by atoms with E-state index in [2.05, 4.69) is 27.5 Å². The van der Waals surface area contributed by atoms with Gasteiger partial charge in [-0.2, -0.15) is 10.2 Å². The van der Waals surface area contributed by atoms with Gasteiger partial charge in [-0.15, -0.1) is 0 Å². The van der Waals surface area contributed by atoms with E-state index in [4.69, 9.17) is 0 Å². The summed E-state index contributed by atoms with van der Waals surface area (Å²) >= 11 is 0. The zero-order valence-electron chi connectivity index (χ0n) is 15.5. The standard InChI is InChI=1S/C20H25N5O/c1-4-19-18(13-23-25(19)17-9-7-14(2)8-10-17)20(26)21-11-5-6-16-12-22-24-15(16)3/h7-10,12-13H,4-6,11H2,1-3H3,(H,21,26)(H,22,24). The molecular weight excluding hydrogens is 326 g/mol. The molecule has 0 fully saturated rings. The molecule has 0 atom stereocenters. The molecule has 0 spiro atoms. The summed E-state index contributed by atoms with van der Waals surface area (Å²) < 4.78 is 1.85. The molecule has 1 amide bonds. The van der Waals surface area contributed by atoms with Crippen molar-refractivity contribution in [1.29, 1.82) is 0 Å². The summed E-state index contributed by atoms with van der Waals surface area (Å²) in [6.07, 6.45) is 6.02. The summed E-state index contributed by atoms with van der Waals surface area (Å²) in [6, 6.07) is 8.15. The van der Waals surface area contributed by atoms with Gasteiger partial charge in [-0.1, -0.05) is 24.6 Å². The Morgan fingerprint density at radius 2 is 1.96 bits per heavy atom. The molecule has 6 heteroatoms. The van der Waals surface area contributed by atoms with Crippen molar-refractivity contribution >= 4 is 5.91 Å². The molecule has 2 N–H and O–H groups in total. The second-order valence-corrected chi connectivity index (χ2v) is 6.49. The first kappa shape index (κ1) is 17.9. The number of hydrogen-bond acceptors (Lipinski definition) is 3. The van der Waals surface area contributed by atoms with Crippen LogP contribution in [0.1, 0.15) is 46.2 Å². The van der Waals surface area contributed by atoms with E-state index in [1.54, 1.807) is 6.20 Å². The van der Waals surface area contributed by atoms with Crippen LogP contribution in [-0.2, 0) is 12.8 Å². The molecule has 2 aromatic heterocycles. The fourth-order valence-electron chi connectivity index (χ4n) is 3.02. The van der Waals surface area contributed by atoms with Crippen molar-refractivity contribution < 1.29 is 4.79 Å². The molecule has 3 rings (SSSR count). The first-order chi connectivity index (χ1) is 12.6. The van der Waals surface area contributed by atoms with E-state index >= 15 is 0 Å². The van der Waals surface area contributed by atoms with E-state index in [1.807, 2.05) is 49.0 Å². The molecule has 0 bridgehead atoms. The fraction of sp³-hybridized carbons (Fsp3) is 0.350. The van der Waals surface area contributed by atoms with Crippen LogP contribution in [-0.4, -0.2) is 32.4 Å². The third-order valence-electron chi connectivity index (χ3n) is 4.57. The minimum absolute atomic E-state index is 0.0656. The number of aromatic amines is 1. The van der Waals surface area contributed by atoms with E-state index in [9.17, 15) is 4.79 Å². The number of rotatable bonds is 7. The Morgan fingerprint density at radius 1 is 1.19 bits per heavy atom. The van der Waals surface area contributed by atoms with Gasteiger partial charge < -0.3 is 5.32 Å². The van der Waals surface area contributed by atoms with Gasteiger partial charge in [0.25, 0.3) is 5.91 Å². The number of aromatic nitrogens is 4. The Labute approximate surface area is 153 Å². The average Bonchev–Trinajstić information content (AvgIpc) is 3.25. The van der Waals surface area contributed by atoms with E-state index in [0.29, 0.717) is 12.1 Å². The van der Waals surface area contributed by atoms with E-state index in [1.165, 1.54) is 11.1 Å². The summed E-state index contributed by atoms with van der Waals surface area (Å²) in [5, 5.41) is 14.4. The van der Waals surface area contributed by atoms with Gasteiger partial charge in [-0.05, 0) is 50.8 Å². The summed E-state index contributed by atoms with van der Waals surface area (Å²) in [6.45, 7) is 6.73. The fourth-order valence-corrected chi connectivity index (χ4v) is 3.02. The van der Waals surface area contributed by atoms with Gasteiger partial charge in [0.1, 0.15) is 0 Å². The van der Waals surface area contributed by atoms with Crippen molar-refractivity contribution in [1.82, 2.24) is 25.3 Å². The number of nitrogens with zero attached hydrogens (tertiary/aromatic N) is 3. The quantitative estimate of drug-likeness (QED) is 0.642. The van der Waals surface area contributed by atoms with E-state index in [-0.39, 0.29) is 5.91 Å². The lowest BCUT2D eigenvalue weighted by molar-refractivity contribution is 0.0952. The Hall–Kier alpha value is -2.89. The van der Waals surface area contributed by atoms with Crippen LogP contribution in [0.25, 0.3) is 5.69 Å². The van der Waals surface area contributed by atoms with Gasteiger partial charge >= 0.3 is 0 Å².